The minimum atomic E-state index is 0.335. The molecule has 0 radical (unpaired) electrons. The monoisotopic (exact) mass is 725 g/mol. The zero-order chi connectivity index (χ0) is 37.5. The molecular weight excluding hydrogens is 691 g/mol. The van der Waals surface area contributed by atoms with Gasteiger partial charge >= 0.3 is 0 Å². The van der Waals surface area contributed by atoms with Gasteiger partial charge in [0.1, 0.15) is 0 Å². The third-order valence-electron chi connectivity index (χ3n) is 12.1. The SMILES string of the molecule is C1=c2ccc(-n3c4ccccc4c4ccccc43)cc2=CCC1c1ccc2cc(-c3cccc(-c4ccc5c(c4)c4ccccc4c4nccnc54)c3)ccc2c1. The van der Waals surface area contributed by atoms with Crippen molar-refractivity contribution in [3.8, 4) is 27.9 Å². The van der Waals surface area contributed by atoms with Gasteiger partial charge in [0.2, 0.25) is 0 Å². The first kappa shape index (κ1) is 31.9. The Kier molecular flexibility index (Phi) is 7.05. The third kappa shape index (κ3) is 5.13. The fourth-order valence-electron chi connectivity index (χ4n) is 9.36. The lowest BCUT2D eigenvalue weighted by Crippen LogP contribution is -2.29. The Morgan fingerprint density at radius 1 is 0.421 bits per heavy atom. The molecular formula is C54H35N3. The molecule has 9 aromatic carbocycles. The molecule has 57 heavy (non-hydrogen) atoms. The lowest BCUT2D eigenvalue weighted by atomic mass is 9.88. The predicted octanol–water partition coefficient (Wildman–Crippen LogP) is 12.3. The molecule has 266 valence electrons. The van der Waals surface area contributed by atoms with E-state index < -0.39 is 0 Å². The molecule has 1 aliphatic rings. The number of para-hydroxylation sites is 2. The van der Waals surface area contributed by atoms with E-state index in [2.05, 4.69) is 187 Å². The standard InChI is InChI=1S/C54H35N3/c1-2-13-48-45(10-1)50-33-43(23-25-49(50)54-53(48)55-26-27-56-54)35-9-7-8-34(28-35)36-16-17-38-30-39(19-18-37(38)29-36)40-20-21-42-32-44(24-22-41(42)31-40)57-51-14-5-3-11-46(51)47-12-4-6-15-52(47)57/h1-19,21-33,40H,20H2. The highest BCUT2D eigenvalue weighted by molar-refractivity contribution is 6.23. The first-order valence-electron chi connectivity index (χ1n) is 19.7. The Bertz CT molecular complexity index is 3490. The van der Waals surface area contributed by atoms with Crippen LogP contribution >= 0.6 is 0 Å². The van der Waals surface area contributed by atoms with E-state index in [0.29, 0.717) is 5.92 Å². The molecule has 2 aromatic heterocycles. The van der Waals surface area contributed by atoms with Crippen molar-refractivity contribution in [3.05, 3.63) is 198 Å². The van der Waals surface area contributed by atoms with Crippen LogP contribution in [0.5, 0.6) is 0 Å². The van der Waals surface area contributed by atoms with Crippen molar-refractivity contribution in [1.29, 1.82) is 0 Å². The van der Waals surface area contributed by atoms with Gasteiger partial charge in [-0.1, -0.05) is 140 Å². The largest absolute Gasteiger partial charge is 0.309 e. The van der Waals surface area contributed by atoms with Crippen molar-refractivity contribution < 1.29 is 0 Å². The van der Waals surface area contributed by atoms with E-state index in [-0.39, 0.29) is 0 Å². The lowest BCUT2D eigenvalue weighted by molar-refractivity contribution is 0.922. The summed E-state index contributed by atoms with van der Waals surface area (Å²) < 4.78 is 2.40. The molecule has 12 rings (SSSR count). The molecule has 3 heteroatoms. The fraction of sp³-hybridized carbons (Fsp3) is 0.0370. The topological polar surface area (TPSA) is 30.7 Å². The van der Waals surface area contributed by atoms with Crippen LogP contribution in [-0.4, -0.2) is 14.5 Å². The van der Waals surface area contributed by atoms with Gasteiger partial charge in [0, 0.05) is 45.5 Å². The van der Waals surface area contributed by atoms with Crippen LogP contribution in [0.1, 0.15) is 17.9 Å². The van der Waals surface area contributed by atoms with Crippen molar-refractivity contribution in [2.45, 2.75) is 12.3 Å². The van der Waals surface area contributed by atoms with Gasteiger partial charge < -0.3 is 4.57 Å². The Balaban J connectivity index is 0.856. The summed E-state index contributed by atoms with van der Waals surface area (Å²) in [6.45, 7) is 0. The maximum Gasteiger partial charge on any atom is 0.0971 e. The predicted molar refractivity (Wildman–Crippen MR) is 239 cm³/mol. The fourth-order valence-corrected chi connectivity index (χ4v) is 9.36. The van der Waals surface area contributed by atoms with Crippen LogP contribution in [0.4, 0.5) is 0 Å². The Morgan fingerprint density at radius 2 is 1.04 bits per heavy atom. The van der Waals surface area contributed by atoms with Gasteiger partial charge in [-0.15, -0.1) is 0 Å². The molecule has 0 saturated carbocycles. The van der Waals surface area contributed by atoms with E-state index in [1.807, 2.05) is 0 Å². The molecule has 0 N–H and O–H groups in total. The summed E-state index contributed by atoms with van der Waals surface area (Å²) >= 11 is 0. The van der Waals surface area contributed by atoms with E-state index >= 15 is 0 Å². The quantitative estimate of drug-likeness (QED) is 0.169. The minimum Gasteiger partial charge on any atom is -0.309 e. The number of hydrogen-bond acceptors (Lipinski definition) is 2. The van der Waals surface area contributed by atoms with Crippen molar-refractivity contribution >= 4 is 77.3 Å². The zero-order valence-corrected chi connectivity index (χ0v) is 31.1. The van der Waals surface area contributed by atoms with Gasteiger partial charge in [0.25, 0.3) is 0 Å². The molecule has 0 amide bonds. The first-order chi connectivity index (χ1) is 28.2. The Morgan fingerprint density at radius 3 is 1.81 bits per heavy atom. The highest BCUT2D eigenvalue weighted by Crippen LogP contribution is 2.37. The second kappa shape index (κ2) is 12.6. The normalized spacial score (nSPS) is 14.0. The number of hydrogen-bond donors (Lipinski definition) is 0. The molecule has 1 atom stereocenters. The number of nitrogens with zero attached hydrogens (tertiary/aromatic N) is 3. The van der Waals surface area contributed by atoms with Gasteiger partial charge in [0.05, 0.1) is 22.1 Å². The number of rotatable bonds is 4. The lowest BCUT2D eigenvalue weighted by Gasteiger charge is -2.17. The van der Waals surface area contributed by atoms with E-state index in [4.69, 9.17) is 9.97 Å². The average Bonchev–Trinajstić information content (AvgIpc) is 3.63. The van der Waals surface area contributed by atoms with Crippen molar-refractivity contribution in [2.24, 2.45) is 0 Å². The second-order valence-corrected chi connectivity index (χ2v) is 15.4. The summed E-state index contributed by atoms with van der Waals surface area (Å²) in [5.74, 6) is 0.335. The van der Waals surface area contributed by atoms with Crippen LogP contribution in [0.3, 0.4) is 0 Å². The van der Waals surface area contributed by atoms with E-state index in [9.17, 15) is 0 Å². The summed E-state index contributed by atoms with van der Waals surface area (Å²) in [5.41, 5.74) is 11.7. The third-order valence-corrected chi connectivity index (χ3v) is 12.1. The molecule has 0 spiro atoms. The van der Waals surface area contributed by atoms with Crippen LogP contribution in [0.2, 0.25) is 0 Å². The van der Waals surface area contributed by atoms with Crippen molar-refractivity contribution in [1.82, 2.24) is 14.5 Å². The molecule has 0 fully saturated rings. The van der Waals surface area contributed by atoms with Crippen molar-refractivity contribution in [3.63, 3.8) is 0 Å². The number of benzene rings is 9. The summed E-state index contributed by atoms with van der Waals surface area (Å²) in [5, 5.41) is 12.4. The second-order valence-electron chi connectivity index (χ2n) is 15.4. The molecule has 1 unspecified atom stereocenters. The molecule has 1 aliphatic carbocycles. The Hall–Kier alpha value is -7.36. The van der Waals surface area contributed by atoms with Crippen LogP contribution in [0, 0.1) is 0 Å². The van der Waals surface area contributed by atoms with Gasteiger partial charge in [-0.3, -0.25) is 9.97 Å². The highest BCUT2D eigenvalue weighted by atomic mass is 15.0. The van der Waals surface area contributed by atoms with E-state index in [1.165, 1.54) is 87.3 Å². The molecule has 3 nitrogen and oxygen atoms in total. The summed E-state index contributed by atoms with van der Waals surface area (Å²) in [6, 6.07) is 62.5. The van der Waals surface area contributed by atoms with Gasteiger partial charge in [-0.05, 0) is 109 Å². The van der Waals surface area contributed by atoms with Crippen LogP contribution in [-0.2, 0) is 0 Å². The maximum atomic E-state index is 4.74. The van der Waals surface area contributed by atoms with Gasteiger partial charge in [0.15, 0.2) is 0 Å². The van der Waals surface area contributed by atoms with Gasteiger partial charge in [-0.25, -0.2) is 0 Å². The number of fused-ring (bicyclic) bond motifs is 11. The highest BCUT2D eigenvalue weighted by Gasteiger charge is 2.16. The van der Waals surface area contributed by atoms with Crippen LogP contribution < -0.4 is 10.4 Å². The number of aromatic nitrogens is 3. The molecule has 11 aromatic rings. The van der Waals surface area contributed by atoms with Crippen molar-refractivity contribution in [2.75, 3.05) is 0 Å². The average molecular weight is 726 g/mol. The molecule has 0 saturated heterocycles. The zero-order valence-electron chi connectivity index (χ0n) is 31.1. The van der Waals surface area contributed by atoms with Gasteiger partial charge in [-0.2, -0.15) is 0 Å². The molecule has 0 aliphatic heterocycles. The minimum absolute atomic E-state index is 0.335. The molecule has 2 heterocycles. The van der Waals surface area contributed by atoms with Crippen LogP contribution in [0.25, 0.3) is 105 Å². The smallest absolute Gasteiger partial charge is 0.0971 e. The van der Waals surface area contributed by atoms with Crippen LogP contribution in [0.15, 0.2) is 182 Å². The summed E-state index contributed by atoms with van der Waals surface area (Å²) in [6.07, 6.45) is 9.42. The Labute approximate surface area is 329 Å². The first-order valence-corrected chi connectivity index (χ1v) is 19.7. The summed E-state index contributed by atoms with van der Waals surface area (Å²) in [7, 11) is 0. The summed E-state index contributed by atoms with van der Waals surface area (Å²) in [4.78, 5) is 9.44. The van der Waals surface area contributed by atoms with E-state index in [0.717, 1.165) is 28.2 Å². The molecule has 0 bridgehead atoms. The maximum absolute atomic E-state index is 4.74. The van der Waals surface area contributed by atoms with E-state index in [1.54, 1.807) is 12.4 Å².